The van der Waals surface area contributed by atoms with E-state index >= 15 is 0 Å². The molecule has 1 N–H and O–H groups in total. The number of nitriles is 1. The van der Waals surface area contributed by atoms with Crippen LogP contribution in [0.15, 0.2) is 0 Å². The molecular formula is C5H9NOSe. The Balaban J connectivity index is 3.02. The molecule has 0 aliphatic heterocycles. The number of aliphatic hydroxyl groups is 1. The van der Waals surface area contributed by atoms with Gasteiger partial charge in [0, 0.05) is 0 Å². The van der Waals surface area contributed by atoms with Gasteiger partial charge < -0.3 is 0 Å². The Kier molecular flexibility index (Phi) is 5.09. The summed E-state index contributed by atoms with van der Waals surface area (Å²) in [5.74, 6) is 2.09. The molecule has 0 aliphatic carbocycles. The Bertz CT molecular complexity index is 88.9. The third kappa shape index (κ3) is 4.14. The van der Waals surface area contributed by atoms with E-state index in [0.29, 0.717) is 21.4 Å². The molecule has 1 unspecified atom stereocenters. The fraction of sp³-hybridized carbons (Fsp3) is 0.800. The van der Waals surface area contributed by atoms with Crippen molar-refractivity contribution >= 4 is 15.0 Å². The van der Waals surface area contributed by atoms with Crippen molar-refractivity contribution in [1.29, 1.82) is 5.26 Å². The summed E-state index contributed by atoms with van der Waals surface area (Å²) in [5.41, 5.74) is 0. The molecule has 1 atom stereocenters. The monoisotopic (exact) mass is 179 g/mol. The summed E-state index contributed by atoms with van der Waals surface area (Å²) in [5, 5.41) is 17.7. The molecule has 0 heterocycles. The number of aliphatic hydroxyl groups excluding tert-OH is 1. The summed E-state index contributed by atoms with van der Waals surface area (Å²) in [6.45, 7) is 0. The van der Waals surface area contributed by atoms with Crippen molar-refractivity contribution in [2.45, 2.75) is 23.7 Å². The Hall–Kier alpha value is -0.0305. The van der Waals surface area contributed by atoms with E-state index in [9.17, 15) is 0 Å². The van der Waals surface area contributed by atoms with Gasteiger partial charge in [-0.1, -0.05) is 0 Å². The standard InChI is InChI=1S/C5H9NOSe/c1-8-3-2-5(7)4-6/h5,7H,2-3H2,1H3. The summed E-state index contributed by atoms with van der Waals surface area (Å²) < 4.78 is 0. The van der Waals surface area contributed by atoms with E-state index in [0.717, 1.165) is 5.32 Å². The summed E-state index contributed by atoms with van der Waals surface area (Å²) in [6.07, 6.45) is -0.0793. The van der Waals surface area contributed by atoms with Crippen molar-refractivity contribution in [3.05, 3.63) is 0 Å². The Morgan fingerprint density at radius 1 is 1.88 bits per heavy atom. The van der Waals surface area contributed by atoms with Crippen LogP contribution in [0.2, 0.25) is 11.1 Å². The predicted molar refractivity (Wildman–Crippen MR) is 32.7 cm³/mol. The van der Waals surface area contributed by atoms with E-state index in [1.807, 2.05) is 0 Å². The first-order valence-electron chi connectivity index (χ1n) is 2.38. The van der Waals surface area contributed by atoms with Gasteiger partial charge >= 0.3 is 55.1 Å². The predicted octanol–water partition coefficient (Wildman–Crippen LogP) is 0.432. The summed E-state index contributed by atoms with van der Waals surface area (Å²) >= 11 is 0.595. The molecule has 2 nitrogen and oxygen atoms in total. The van der Waals surface area contributed by atoms with Crippen molar-refractivity contribution in [1.82, 2.24) is 0 Å². The van der Waals surface area contributed by atoms with Crippen LogP contribution in [-0.2, 0) is 0 Å². The van der Waals surface area contributed by atoms with Crippen LogP contribution in [-0.4, -0.2) is 26.2 Å². The molecule has 0 aromatic carbocycles. The van der Waals surface area contributed by atoms with Crippen molar-refractivity contribution in [3.8, 4) is 6.07 Å². The fourth-order valence-electron chi connectivity index (χ4n) is 0.294. The van der Waals surface area contributed by atoms with Crippen LogP contribution in [0, 0.1) is 11.3 Å². The molecule has 0 fully saturated rings. The topological polar surface area (TPSA) is 44.0 Å². The number of nitrogens with zero attached hydrogens (tertiary/aromatic N) is 1. The van der Waals surface area contributed by atoms with Gasteiger partial charge in [-0.3, -0.25) is 0 Å². The number of rotatable bonds is 3. The second kappa shape index (κ2) is 5.11. The van der Waals surface area contributed by atoms with Gasteiger partial charge in [0.2, 0.25) is 0 Å². The van der Waals surface area contributed by atoms with Gasteiger partial charge in [0.05, 0.1) is 0 Å². The first-order chi connectivity index (χ1) is 3.81. The second-order valence-corrected chi connectivity index (χ2v) is 3.49. The van der Waals surface area contributed by atoms with Gasteiger partial charge in [0.25, 0.3) is 0 Å². The molecule has 46 valence electrons. The SMILES string of the molecule is C[Se]CCC(O)C#N. The van der Waals surface area contributed by atoms with E-state index in [4.69, 9.17) is 10.4 Å². The average Bonchev–Trinajstić information content (AvgIpc) is 1.83. The molecule has 0 aliphatic rings. The van der Waals surface area contributed by atoms with Gasteiger partial charge in [-0.25, -0.2) is 0 Å². The second-order valence-electron chi connectivity index (χ2n) is 1.43. The molecule has 0 bridgehead atoms. The molecule has 0 amide bonds. The Morgan fingerprint density at radius 2 is 2.50 bits per heavy atom. The van der Waals surface area contributed by atoms with E-state index in [1.54, 1.807) is 6.07 Å². The van der Waals surface area contributed by atoms with Crippen LogP contribution in [0.3, 0.4) is 0 Å². The van der Waals surface area contributed by atoms with E-state index < -0.39 is 6.10 Å². The molecule has 0 aromatic heterocycles. The zero-order chi connectivity index (χ0) is 6.41. The molecule has 8 heavy (non-hydrogen) atoms. The van der Waals surface area contributed by atoms with Crippen LogP contribution in [0.1, 0.15) is 6.42 Å². The maximum atomic E-state index is 8.64. The summed E-state index contributed by atoms with van der Waals surface area (Å²) in [7, 11) is 0. The number of hydrogen-bond donors (Lipinski definition) is 1. The molecule has 0 radical (unpaired) electrons. The van der Waals surface area contributed by atoms with Crippen molar-refractivity contribution in [3.63, 3.8) is 0 Å². The normalized spacial score (nSPS) is 12.6. The summed E-state index contributed by atoms with van der Waals surface area (Å²) in [6, 6.07) is 1.77. The third-order valence-corrected chi connectivity index (χ3v) is 2.10. The number of hydrogen-bond acceptors (Lipinski definition) is 2. The quantitative estimate of drug-likeness (QED) is 0.503. The molecule has 0 saturated heterocycles. The minimum absolute atomic E-state index is 0.595. The van der Waals surface area contributed by atoms with Crippen LogP contribution >= 0.6 is 0 Å². The first kappa shape index (κ1) is 7.97. The molecule has 0 aromatic rings. The van der Waals surface area contributed by atoms with Crippen molar-refractivity contribution in [2.75, 3.05) is 0 Å². The van der Waals surface area contributed by atoms with E-state index in [-0.39, 0.29) is 0 Å². The first-order valence-corrected chi connectivity index (χ1v) is 5.30. The van der Waals surface area contributed by atoms with Crippen LogP contribution in [0.5, 0.6) is 0 Å². The van der Waals surface area contributed by atoms with E-state index in [2.05, 4.69) is 5.82 Å². The van der Waals surface area contributed by atoms with Gasteiger partial charge in [0.1, 0.15) is 0 Å². The fourth-order valence-corrected chi connectivity index (χ4v) is 1.26. The Morgan fingerprint density at radius 3 is 2.88 bits per heavy atom. The third-order valence-electron chi connectivity index (χ3n) is 0.744. The molecule has 0 saturated carbocycles. The maximum absolute atomic E-state index is 8.64. The van der Waals surface area contributed by atoms with Crippen LogP contribution in [0.4, 0.5) is 0 Å². The molecule has 0 spiro atoms. The zero-order valence-electron chi connectivity index (χ0n) is 4.79. The Labute approximate surface area is 55.7 Å². The van der Waals surface area contributed by atoms with Crippen molar-refractivity contribution in [2.24, 2.45) is 0 Å². The average molecular weight is 178 g/mol. The molecule has 0 rings (SSSR count). The summed E-state index contributed by atoms with van der Waals surface area (Å²) in [4.78, 5) is 0. The van der Waals surface area contributed by atoms with Crippen LogP contribution < -0.4 is 0 Å². The van der Waals surface area contributed by atoms with Crippen molar-refractivity contribution < 1.29 is 5.11 Å². The zero-order valence-corrected chi connectivity index (χ0v) is 6.51. The molecule has 3 heteroatoms. The van der Waals surface area contributed by atoms with Gasteiger partial charge in [-0.05, 0) is 0 Å². The van der Waals surface area contributed by atoms with Gasteiger partial charge in [-0.15, -0.1) is 0 Å². The minimum atomic E-state index is -0.725. The van der Waals surface area contributed by atoms with Crippen LogP contribution in [0.25, 0.3) is 0 Å². The van der Waals surface area contributed by atoms with E-state index in [1.165, 1.54) is 0 Å². The van der Waals surface area contributed by atoms with Gasteiger partial charge in [-0.2, -0.15) is 0 Å². The molecular weight excluding hydrogens is 169 g/mol. The van der Waals surface area contributed by atoms with Gasteiger partial charge in [0.15, 0.2) is 0 Å².